The standard InChI is InChI=1S/C21H22N2O6/c1-27-11-10-23-18(13-6-8-22-9-7-13)17(20(25)21(23)26)19(24)15-5-4-14(28-2)12-16(15)29-3/h4-9,12,18,24H,10-11H2,1-3H3/b19-17-. The Hall–Kier alpha value is -3.39. The van der Waals surface area contributed by atoms with Crippen molar-refractivity contribution in [2.75, 3.05) is 34.5 Å². The van der Waals surface area contributed by atoms with Gasteiger partial charge >= 0.3 is 0 Å². The number of nitrogens with zero attached hydrogens (tertiary/aromatic N) is 2. The number of ether oxygens (including phenoxy) is 3. The van der Waals surface area contributed by atoms with E-state index in [9.17, 15) is 14.7 Å². The van der Waals surface area contributed by atoms with Crippen molar-refractivity contribution < 1.29 is 28.9 Å². The Labute approximate surface area is 168 Å². The number of amides is 1. The number of benzene rings is 1. The van der Waals surface area contributed by atoms with Crippen molar-refractivity contribution in [1.29, 1.82) is 0 Å². The summed E-state index contributed by atoms with van der Waals surface area (Å²) < 4.78 is 15.6. The Morgan fingerprint density at radius 2 is 1.83 bits per heavy atom. The maximum absolute atomic E-state index is 12.9. The number of pyridine rings is 1. The largest absolute Gasteiger partial charge is 0.507 e. The van der Waals surface area contributed by atoms with E-state index in [0.717, 1.165) is 0 Å². The van der Waals surface area contributed by atoms with E-state index in [2.05, 4.69) is 4.98 Å². The van der Waals surface area contributed by atoms with Gasteiger partial charge in [0.15, 0.2) is 0 Å². The van der Waals surface area contributed by atoms with E-state index < -0.39 is 17.7 Å². The lowest BCUT2D eigenvalue weighted by molar-refractivity contribution is -0.140. The number of carbonyl (C=O) groups excluding carboxylic acids is 2. The Morgan fingerprint density at radius 3 is 2.45 bits per heavy atom. The van der Waals surface area contributed by atoms with Crippen molar-refractivity contribution in [3.63, 3.8) is 0 Å². The highest BCUT2D eigenvalue weighted by atomic mass is 16.5. The zero-order valence-electron chi connectivity index (χ0n) is 16.4. The molecule has 0 bridgehead atoms. The molecule has 1 amide bonds. The summed E-state index contributed by atoms with van der Waals surface area (Å²) in [5.41, 5.74) is 0.933. The summed E-state index contributed by atoms with van der Waals surface area (Å²) >= 11 is 0. The molecule has 1 aliphatic heterocycles. The minimum atomic E-state index is -0.765. The van der Waals surface area contributed by atoms with Gasteiger partial charge in [0.05, 0.1) is 38.0 Å². The molecule has 8 heteroatoms. The number of aliphatic hydroxyl groups is 1. The lowest BCUT2D eigenvalue weighted by Gasteiger charge is -2.25. The lowest BCUT2D eigenvalue weighted by atomic mass is 9.95. The van der Waals surface area contributed by atoms with Crippen LogP contribution in [-0.4, -0.2) is 61.2 Å². The van der Waals surface area contributed by atoms with Gasteiger partial charge in [-0.25, -0.2) is 0 Å². The fraction of sp³-hybridized carbons (Fsp3) is 0.286. The van der Waals surface area contributed by atoms with Gasteiger partial charge in [0, 0.05) is 32.1 Å². The van der Waals surface area contributed by atoms with Crippen LogP contribution in [-0.2, 0) is 14.3 Å². The second kappa shape index (κ2) is 8.74. The Morgan fingerprint density at radius 1 is 1.10 bits per heavy atom. The van der Waals surface area contributed by atoms with Gasteiger partial charge in [-0.2, -0.15) is 0 Å². The van der Waals surface area contributed by atoms with Gasteiger partial charge in [0.1, 0.15) is 17.3 Å². The van der Waals surface area contributed by atoms with Crippen LogP contribution in [0.15, 0.2) is 48.3 Å². The topological polar surface area (TPSA) is 98.2 Å². The van der Waals surface area contributed by atoms with E-state index in [1.54, 1.807) is 42.7 Å². The molecule has 0 saturated carbocycles. The fourth-order valence-electron chi connectivity index (χ4n) is 3.33. The van der Waals surface area contributed by atoms with Gasteiger partial charge in [0.2, 0.25) is 0 Å². The zero-order chi connectivity index (χ0) is 21.0. The van der Waals surface area contributed by atoms with Crippen LogP contribution in [0.1, 0.15) is 17.2 Å². The lowest BCUT2D eigenvalue weighted by Crippen LogP contribution is -2.32. The molecule has 2 heterocycles. The van der Waals surface area contributed by atoms with Crippen LogP contribution in [0.5, 0.6) is 11.5 Å². The number of hydrogen-bond acceptors (Lipinski definition) is 7. The van der Waals surface area contributed by atoms with Crippen molar-refractivity contribution in [3.05, 3.63) is 59.4 Å². The Bertz CT molecular complexity index is 941. The van der Waals surface area contributed by atoms with Crippen molar-refractivity contribution in [2.24, 2.45) is 0 Å². The van der Waals surface area contributed by atoms with Gasteiger partial charge in [0.25, 0.3) is 11.7 Å². The van der Waals surface area contributed by atoms with E-state index in [0.29, 0.717) is 17.1 Å². The third kappa shape index (κ3) is 3.79. The van der Waals surface area contributed by atoms with Gasteiger partial charge in [-0.15, -0.1) is 0 Å². The molecule has 0 spiro atoms. The second-order valence-electron chi connectivity index (χ2n) is 6.33. The van der Waals surface area contributed by atoms with Crippen LogP contribution in [0.25, 0.3) is 5.76 Å². The monoisotopic (exact) mass is 398 g/mol. The molecule has 1 saturated heterocycles. The predicted octanol–water partition coefficient (Wildman–Crippen LogP) is 2.17. The summed E-state index contributed by atoms with van der Waals surface area (Å²) in [6.45, 7) is 0.449. The number of aliphatic hydroxyl groups excluding tert-OH is 1. The summed E-state index contributed by atoms with van der Waals surface area (Å²) in [5.74, 6) is -0.927. The number of Topliss-reactive ketones (excluding diaryl/α,β-unsaturated/α-hetero) is 1. The van der Waals surface area contributed by atoms with Crippen molar-refractivity contribution in [3.8, 4) is 11.5 Å². The molecular formula is C21H22N2O6. The molecule has 0 radical (unpaired) electrons. The van der Waals surface area contributed by atoms with Gasteiger partial charge < -0.3 is 24.2 Å². The molecule has 1 atom stereocenters. The average molecular weight is 398 g/mol. The normalized spacial score (nSPS) is 18.2. The highest BCUT2D eigenvalue weighted by Crippen LogP contribution is 2.41. The van der Waals surface area contributed by atoms with E-state index >= 15 is 0 Å². The summed E-state index contributed by atoms with van der Waals surface area (Å²) in [7, 11) is 4.47. The Kier molecular flexibility index (Phi) is 6.13. The van der Waals surface area contributed by atoms with Crippen molar-refractivity contribution in [1.82, 2.24) is 9.88 Å². The van der Waals surface area contributed by atoms with E-state index in [-0.39, 0.29) is 30.0 Å². The highest BCUT2D eigenvalue weighted by Gasteiger charge is 2.46. The second-order valence-corrected chi connectivity index (χ2v) is 6.33. The molecule has 152 valence electrons. The van der Waals surface area contributed by atoms with Crippen molar-refractivity contribution >= 4 is 17.4 Å². The maximum Gasteiger partial charge on any atom is 0.295 e. The predicted molar refractivity (Wildman–Crippen MR) is 105 cm³/mol. The van der Waals surface area contributed by atoms with Crippen LogP contribution in [0.3, 0.4) is 0 Å². The first-order chi connectivity index (χ1) is 14.0. The molecular weight excluding hydrogens is 376 g/mol. The van der Waals surface area contributed by atoms with Gasteiger partial charge in [-0.1, -0.05) is 0 Å². The first kappa shape index (κ1) is 20.3. The molecule has 0 aliphatic carbocycles. The molecule has 1 fully saturated rings. The quantitative estimate of drug-likeness (QED) is 0.434. The summed E-state index contributed by atoms with van der Waals surface area (Å²) in [6, 6.07) is 7.46. The Balaban J connectivity index is 2.18. The molecule has 1 aromatic carbocycles. The molecule has 2 aromatic rings. The third-order valence-electron chi connectivity index (χ3n) is 4.76. The van der Waals surface area contributed by atoms with Crippen LogP contribution in [0.2, 0.25) is 0 Å². The first-order valence-corrected chi connectivity index (χ1v) is 8.93. The maximum atomic E-state index is 12.9. The van der Waals surface area contributed by atoms with E-state index in [1.165, 1.54) is 26.2 Å². The first-order valence-electron chi connectivity index (χ1n) is 8.93. The molecule has 1 aromatic heterocycles. The van der Waals surface area contributed by atoms with Crippen LogP contribution in [0.4, 0.5) is 0 Å². The number of rotatable bonds is 7. The molecule has 29 heavy (non-hydrogen) atoms. The van der Waals surface area contributed by atoms with Crippen molar-refractivity contribution in [2.45, 2.75) is 6.04 Å². The highest BCUT2D eigenvalue weighted by molar-refractivity contribution is 6.46. The summed E-state index contributed by atoms with van der Waals surface area (Å²) in [6.07, 6.45) is 3.14. The number of ketones is 1. The van der Waals surface area contributed by atoms with E-state index in [1.807, 2.05) is 0 Å². The van der Waals surface area contributed by atoms with Crippen LogP contribution >= 0.6 is 0 Å². The van der Waals surface area contributed by atoms with E-state index in [4.69, 9.17) is 14.2 Å². The minimum Gasteiger partial charge on any atom is -0.507 e. The number of carbonyl (C=O) groups is 2. The zero-order valence-corrected chi connectivity index (χ0v) is 16.4. The minimum absolute atomic E-state index is 0.0132. The van der Waals surface area contributed by atoms with Crippen LogP contribution < -0.4 is 9.47 Å². The fourth-order valence-corrected chi connectivity index (χ4v) is 3.33. The van der Waals surface area contributed by atoms with Gasteiger partial charge in [-0.3, -0.25) is 14.6 Å². The molecule has 1 N–H and O–H groups in total. The smallest absolute Gasteiger partial charge is 0.295 e. The molecule has 8 nitrogen and oxygen atoms in total. The third-order valence-corrected chi connectivity index (χ3v) is 4.76. The van der Waals surface area contributed by atoms with Crippen LogP contribution in [0, 0.1) is 0 Å². The number of hydrogen-bond donors (Lipinski definition) is 1. The molecule has 3 rings (SSSR count). The average Bonchev–Trinajstić information content (AvgIpc) is 3.02. The summed E-state index contributed by atoms with van der Waals surface area (Å²) in [5, 5.41) is 11.1. The summed E-state index contributed by atoms with van der Waals surface area (Å²) in [4.78, 5) is 31.0. The molecule has 1 unspecified atom stereocenters. The SMILES string of the molecule is COCCN1C(=O)C(=O)/C(=C(\O)c2ccc(OC)cc2OC)C1c1ccncc1. The number of likely N-dealkylation sites (tertiary alicyclic amines) is 1. The number of methoxy groups -OCH3 is 3. The van der Waals surface area contributed by atoms with Gasteiger partial charge in [-0.05, 0) is 29.8 Å². The molecule has 1 aliphatic rings. The number of aromatic nitrogens is 1.